The zero-order valence-electron chi connectivity index (χ0n) is 15.3. The number of rotatable bonds is 4. The highest BCUT2D eigenvalue weighted by Crippen LogP contribution is 2.31. The Hall–Kier alpha value is -3.08. The number of hydrogen-bond donors (Lipinski definition) is 0. The third kappa shape index (κ3) is 3.08. The molecular formula is C21H21NO4. The van der Waals surface area contributed by atoms with Crippen LogP contribution in [0.5, 0.6) is 5.88 Å². The first kappa shape index (κ1) is 17.7. The highest BCUT2D eigenvalue weighted by molar-refractivity contribution is 5.88. The van der Waals surface area contributed by atoms with Gasteiger partial charge in [-0.2, -0.15) is 0 Å². The van der Waals surface area contributed by atoms with Crippen molar-refractivity contribution in [3.63, 3.8) is 0 Å². The van der Waals surface area contributed by atoms with E-state index in [4.69, 9.17) is 9.15 Å². The number of oxazole rings is 1. The molecule has 0 N–H and O–H groups in total. The van der Waals surface area contributed by atoms with Crippen molar-refractivity contribution in [1.29, 1.82) is 0 Å². The molecule has 1 aromatic heterocycles. The van der Waals surface area contributed by atoms with E-state index in [1.54, 1.807) is 19.1 Å². The monoisotopic (exact) mass is 351 g/mol. The molecule has 0 bridgehead atoms. The van der Waals surface area contributed by atoms with Crippen LogP contribution in [0.4, 0.5) is 0 Å². The first-order valence-electron chi connectivity index (χ1n) is 8.50. The highest BCUT2D eigenvalue weighted by atomic mass is 16.5. The number of esters is 1. The number of ether oxygens (including phenoxy) is 1. The van der Waals surface area contributed by atoms with Crippen molar-refractivity contribution in [2.45, 2.75) is 27.7 Å². The Morgan fingerprint density at radius 1 is 1.12 bits per heavy atom. The lowest BCUT2D eigenvalue weighted by Gasteiger charge is -2.08. The standard InChI is InChI=1S/C21H21NO4/c1-5-25-21(24)18-19(23)22(16-9-7-6-8-10-16)20(26-18)17-14(3)11-13(2)12-15(17)4/h6-12H,5H2,1-4H3. The van der Waals surface area contributed by atoms with Crippen LogP contribution in [0.3, 0.4) is 0 Å². The maximum Gasteiger partial charge on any atom is 0.387 e. The van der Waals surface area contributed by atoms with Crippen molar-refractivity contribution in [2.75, 3.05) is 6.61 Å². The molecule has 0 unspecified atom stereocenters. The molecule has 5 heteroatoms. The van der Waals surface area contributed by atoms with Crippen LogP contribution in [-0.2, 0) is 4.74 Å². The molecule has 3 rings (SSSR count). The molecule has 26 heavy (non-hydrogen) atoms. The highest BCUT2D eigenvalue weighted by Gasteiger charge is 2.32. The van der Waals surface area contributed by atoms with Gasteiger partial charge in [-0.25, -0.2) is 4.79 Å². The Morgan fingerprint density at radius 3 is 2.31 bits per heavy atom. The van der Waals surface area contributed by atoms with Gasteiger partial charge in [-0.05, 0) is 38.8 Å². The van der Waals surface area contributed by atoms with E-state index in [1.807, 2.05) is 51.1 Å². The molecule has 0 fully saturated rings. The first-order valence-corrected chi connectivity index (χ1v) is 8.50. The number of aromatic nitrogens is 1. The molecular weight excluding hydrogens is 330 g/mol. The van der Waals surface area contributed by atoms with E-state index in [1.165, 1.54) is 4.57 Å². The van der Waals surface area contributed by atoms with E-state index in [0.717, 1.165) is 22.3 Å². The molecule has 0 spiro atoms. The minimum atomic E-state index is -0.754. The van der Waals surface area contributed by atoms with E-state index in [0.29, 0.717) is 11.6 Å². The van der Waals surface area contributed by atoms with Crippen molar-refractivity contribution < 1.29 is 23.6 Å². The summed E-state index contributed by atoms with van der Waals surface area (Å²) in [6.07, 6.45) is 0. The van der Waals surface area contributed by atoms with E-state index >= 15 is 0 Å². The predicted molar refractivity (Wildman–Crippen MR) is 95.3 cm³/mol. The number of para-hydroxylation sites is 1. The Labute approximate surface area is 152 Å². The normalized spacial score (nSPS) is 10.8. The lowest BCUT2D eigenvalue weighted by atomic mass is 9.99. The SMILES string of the molecule is CCOC(=O)c1oc(-c2c(C)cc(C)cc2C)[n+](-c2ccccc2)c1[O-]. The minimum absolute atomic E-state index is 0.169. The molecule has 0 aliphatic heterocycles. The predicted octanol–water partition coefficient (Wildman–Crippen LogP) is 3.40. The number of carbonyl (C=O) groups excluding carboxylic acids is 1. The number of benzene rings is 2. The van der Waals surface area contributed by atoms with Gasteiger partial charge in [-0.3, -0.25) is 0 Å². The van der Waals surface area contributed by atoms with E-state index in [-0.39, 0.29) is 12.4 Å². The first-order chi connectivity index (χ1) is 12.4. The van der Waals surface area contributed by atoms with Gasteiger partial charge in [0.2, 0.25) is 11.6 Å². The summed E-state index contributed by atoms with van der Waals surface area (Å²) in [6, 6.07) is 13.2. The largest absolute Gasteiger partial charge is 0.820 e. The molecule has 3 aromatic rings. The van der Waals surface area contributed by atoms with E-state index in [2.05, 4.69) is 0 Å². The van der Waals surface area contributed by atoms with Crippen molar-refractivity contribution in [3.8, 4) is 23.0 Å². The zero-order valence-corrected chi connectivity index (χ0v) is 15.3. The van der Waals surface area contributed by atoms with E-state index in [9.17, 15) is 9.90 Å². The number of carbonyl (C=O) groups is 1. The van der Waals surface area contributed by atoms with Gasteiger partial charge in [-0.1, -0.05) is 35.9 Å². The van der Waals surface area contributed by atoms with Gasteiger partial charge in [0.05, 0.1) is 12.2 Å². The van der Waals surface area contributed by atoms with Crippen molar-refractivity contribution in [2.24, 2.45) is 0 Å². The third-order valence-electron chi connectivity index (χ3n) is 4.17. The van der Waals surface area contributed by atoms with Crippen LogP contribution in [0.2, 0.25) is 0 Å². The third-order valence-corrected chi connectivity index (χ3v) is 4.17. The van der Waals surface area contributed by atoms with Crippen molar-refractivity contribution >= 4 is 5.97 Å². The number of aryl methyl sites for hydroxylation is 3. The second kappa shape index (κ2) is 7.04. The zero-order chi connectivity index (χ0) is 18.8. The van der Waals surface area contributed by atoms with Gasteiger partial charge in [-0.15, -0.1) is 4.57 Å². The summed E-state index contributed by atoms with van der Waals surface area (Å²) < 4.78 is 12.2. The van der Waals surface area contributed by atoms with Crippen molar-refractivity contribution in [1.82, 2.24) is 0 Å². The Balaban J connectivity index is 2.31. The maximum atomic E-state index is 12.9. The van der Waals surface area contributed by atoms with Crippen LogP contribution >= 0.6 is 0 Å². The summed E-state index contributed by atoms with van der Waals surface area (Å²) >= 11 is 0. The molecule has 0 radical (unpaired) electrons. The van der Waals surface area contributed by atoms with Crippen LogP contribution in [-0.4, -0.2) is 12.6 Å². The maximum absolute atomic E-state index is 12.9. The molecule has 0 atom stereocenters. The minimum Gasteiger partial charge on any atom is -0.820 e. The molecule has 134 valence electrons. The lowest BCUT2D eigenvalue weighted by Crippen LogP contribution is -2.35. The summed E-state index contributed by atoms with van der Waals surface area (Å²) in [5, 5.41) is 12.9. The van der Waals surface area contributed by atoms with Crippen LogP contribution in [0.15, 0.2) is 46.9 Å². The van der Waals surface area contributed by atoms with Crippen LogP contribution in [0.1, 0.15) is 34.2 Å². The second-order valence-corrected chi connectivity index (χ2v) is 6.21. The Kier molecular flexibility index (Phi) is 4.80. The topological polar surface area (TPSA) is 66.4 Å². The van der Waals surface area contributed by atoms with Crippen molar-refractivity contribution in [3.05, 3.63) is 64.9 Å². The fraction of sp³-hybridized carbons (Fsp3) is 0.238. The van der Waals surface area contributed by atoms with E-state index < -0.39 is 11.8 Å². The Morgan fingerprint density at radius 2 is 1.73 bits per heavy atom. The molecule has 5 nitrogen and oxygen atoms in total. The molecule has 0 saturated carbocycles. The smallest absolute Gasteiger partial charge is 0.387 e. The van der Waals surface area contributed by atoms with Gasteiger partial charge in [0.15, 0.2) is 0 Å². The average Bonchev–Trinajstić information content (AvgIpc) is 2.92. The molecule has 0 amide bonds. The molecule has 0 saturated heterocycles. The van der Waals surface area contributed by atoms with Gasteiger partial charge >= 0.3 is 11.9 Å². The summed E-state index contributed by atoms with van der Waals surface area (Å²) in [5.74, 6) is -1.26. The quantitative estimate of drug-likeness (QED) is 0.534. The second-order valence-electron chi connectivity index (χ2n) is 6.21. The fourth-order valence-electron chi connectivity index (χ4n) is 3.20. The molecule has 2 aromatic carbocycles. The molecule has 1 heterocycles. The van der Waals surface area contributed by atoms with Gasteiger partial charge < -0.3 is 14.3 Å². The Bertz CT molecular complexity index is 935. The fourth-order valence-corrected chi connectivity index (χ4v) is 3.20. The van der Waals surface area contributed by atoms with Crippen LogP contribution < -0.4 is 9.67 Å². The van der Waals surface area contributed by atoms with Gasteiger partial charge in [0.25, 0.3) is 5.76 Å². The average molecular weight is 351 g/mol. The van der Waals surface area contributed by atoms with Crippen LogP contribution in [0.25, 0.3) is 17.1 Å². The molecule has 0 aliphatic carbocycles. The van der Waals surface area contributed by atoms with Gasteiger partial charge in [0.1, 0.15) is 0 Å². The summed E-state index contributed by atoms with van der Waals surface area (Å²) in [4.78, 5) is 12.2. The summed E-state index contributed by atoms with van der Waals surface area (Å²) in [6.45, 7) is 7.79. The summed E-state index contributed by atoms with van der Waals surface area (Å²) in [7, 11) is 0. The lowest BCUT2D eigenvalue weighted by molar-refractivity contribution is -0.641. The number of nitrogens with zero attached hydrogens (tertiary/aromatic N) is 1. The number of hydrogen-bond acceptors (Lipinski definition) is 4. The molecule has 0 aliphatic rings. The van der Waals surface area contributed by atoms with Crippen LogP contribution in [0, 0.1) is 20.8 Å². The van der Waals surface area contributed by atoms with Gasteiger partial charge in [0, 0.05) is 12.1 Å². The summed E-state index contributed by atoms with van der Waals surface area (Å²) in [5.41, 5.74) is 4.49.